The highest BCUT2D eigenvalue weighted by molar-refractivity contribution is 8.00. The fraction of sp³-hybridized carbons (Fsp3) is 0.0571. The number of pyridine rings is 1. The minimum Gasteiger partial charge on any atom is -0.264 e. The molecule has 0 aliphatic heterocycles. The maximum absolute atomic E-state index is 4.61. The fourth-order valence-corrected chi connectivity index (χ4v) is 7.46. The number of hydrogen-bond donors (Lipinski definition) is 0. The van der Waals surface area contributed by atoms with Gasteiger partial charge < -0.3 is 0 Å². The molecule has 37 heavy (non-hydrogen) atoms. The van der Waals surface area contributed by atoms with Crippen molar-refractivity contribution in [3.05, 3.63) is 127 Å². The van der Waals surface area contributed by atoms with Crippen LogP contribution in [0.2, 0.25) is 0 Å². The molecule has 0 atom stereocenters. The van der Waals surface area contributed by atoms with Crippen molar-refractivity contribution in [3.63, 3.8) is 0 Å². The van der Waals surface area contributed by atoms with Gasteiger partial charge in [-0.05, 0) is 84.9 Å². The van der Waals surface area contributed by atoms with E-state index in [1.807, 2.05) is 18.0 Å². The van der Waals surface area contributed by atoms with Crippen LogP contribution in [0, 0.1) is 0 Å². The van der Waals surface area contributed by atoms with E-state index in [1.54, 1.807) is 0 Å². The minimum absolute atomic E-state index is 1.15. The Morgan fingerprint density at radius 3 is 2.16 bits per heavy atom. The summed E-state index contributed by atoms with van der Waals surface area (Å²) in [5.41, 5.74) is 5.50. The van der Waals surface area contributed by atoms with Crippen LogP contribution in [0.1, 0.15) is 11.1 Å². The molecule has 0 saturated carbocycles. The standard InChI is InChI=1S/C35H23NS/c1-2-10-25-22(7-1)8-5-13-26(25)34-27-11-3-4-12-28(27)35(29-19-20-36-21-31(29)34)37-32-18-17-24-16-15-23-9-6-14-30(32)33(23)24/h1-14,17-21H,15-16H2. The summed E-state index contributed by atoms with van der Waals surface area (Å²) < 4.78 is 0. The SMILES string of the molecule is c1ccc2c(-c3c4ccccc4c(Sc4ccc5c6c(cccc46)CC5)c4ccncc34)cccc2c1. The number of benzene rings is 6. The quantitative estimate of drug-likeness (QED) is 0.229. The second-order valence-corrected chi connectivity index (χ2v) is 10.9. The van der Waals surface area contributed by atoms with E-state index in [1.165, 1.54) is 75.1 Å². The monoisotopic (exact) mass is 489 g/mol. The molecular formula is C35H23NS. The number of fused-ring (bicyclic) bond motifs is 3. The summed E-state index contributed by atoms with van der Waals surface area (Å²) in [6.45, 7) is 0. The molecule has 8 rings (SSSR count). The zero-order valence-electron chi connectivity index (χ0n) is 20.2. The van der Waals surface area contributed by atoms with E-state index in [2.05, 4.69) is 114 Å². The van der Waals surface area contributed by atoms with Gasteiger partial charge in [-0.25, -0.2) is 0 Å². The maximum Gasteiger partial charge on any atom is 0.0353 e. The van der Waals surface area contributed by atoms with Crippen LogP contribution in [0.4, 0.5) is 0 Å². The summed E-state index contributed by atoms with van der Waals surface area (Å²) in [6.07, 6.45) is 6.29. The van der Waals surface area contributed by atoms with Crippen molar-refractivity contribution >= 4 is 54.9 Å². The average molecular weight is 490 g/mol. The molecule has 0 amide bonds. The summed E-state index contributed by atoms with van der Waals surface area (Å²) >= 11 is 1.90. The van der Waals surface area contributed by atoms with Gasteiger partial charge in [-0.1, -0.05) is 103 Å². The third kappa shape index (κ3) is 3.16. The molecule has 0 N–H and O–H groups in total. The van der Waals surface area contributed by atoms with Gasteiger partial charge >= 0.3 is 0 Å². The number of aryl methyl sites for hydroxylation is 2. The van der Waals surface area contributed by atoms with E-state index in [-0.39, 0.29) is 0 Å². The van der Waals surface area contributed by atoms with Crippen LogP contribution < -0.4 is 0 Å². The molecule has 0 saturated heterocycles. The molecule has 1 heterocycles. The van der Waals surface area contributed by atoms with Crippen molar-refractivity contribution in [2.24, 2.45) is 0 Å². The topological polar surface area (TPSA) is 12.9 Å². The van der Waals surface area contributed by atoms with E-state index < -0.39 is 0 Å². The van der Waals surface area contributed by atoms with Gasteiger partial charge in [-0.3, -0.25) is 4.98 Å². The first-order valence-electron chi connectivity index (χ1n) is 12.8. The first-order valence-corrected chi connectivity index (χ1v) is 13.7. The molecule has 6 aromatic carbocycles. The van der Waals surface area contributed by atoms with Crippen molar-refractivity contribution in [1.82, 2.24) is 4.98 Å². The summed E-state index contributed by atoms with van der Waals surface area (Å²) in [5.74, 6) is 0. The molecule has 7 aromatic rings. The van der Waals surface area contributed by atoms with Crippen molar-refractivity contribution < 1.29 is 0 Å². The zero-order chi connectivity index (χ0) is 24.3. The smallest absolute Gasteiger partial charge is 0.0353 e. The third-order valence-corrected chi connectivity index (χ3v) is 9.10. The number of nitrogens with zero attached hydrogens (tertiary/aromatic N) is 1. The van der Waals surface area contributed by atoms with Crippen molar-refractivity contribution in [2.75, 3.05) is 0 Å². The maximum atomic E-state index is 4.61. The number of aromatic nitrogens is 1. The molecule has 174 valence electrons. The fourth-order valence-electron chi connectivity index (χ4n) is 6.24. The highest BCUT2D eigenvalue weighted by Crippen LogP contribution is 2.48. The summed E-state index contributed by atoms with van der Waals surface area (Å²) in [7, 11) is 0. The normalized spacial score (nSPS) is 12.8. The predicted molar refractivity (Wildman–Crippen MR) is 158 cm³/mol. The van der Waals surface area contributed by atoms with Crippen LogP contribution in [0.3, 0.4) is 0 Å². The molecule has 0 bridgehead atoms. The van der Waals surface area contributed by atoms with Crippen LogP contribution in [-0.4, -0.2) is 4.98 Å². The summed E-state index contributed by atoms with van der Waals surface area (Å²) in [6, 6.07) is 37.9. The van der Waals surface area contributed by atoms with Crippen molar-refractivity contribution in [3.8, 4) is 11.1 Å². The molecule has 0 radical (unpaired) electrons. The minimum atomic E-state index is 1.15. The Bertz CT molecular complexity index is 1950. The van der Waals surface area contributed by atoms with E-state index in [0.717, 1.165) is 12.8 Å². The molecular weight excluding hydrogens is 466 g/mol. The molecule has 1 aromatic heterocycles. The van der Waals surface area contributed by atoms with Crippen molar-refractivity contribution in [1.29, 1.82) is 0 Å². The summed E-state index contributed by atoms with van der Waals surface area (Å²) in [5, 5.41) is 10.4. The second kappa shape index (κ2) is 8.19. The Labute approximate surface area is 219 Å². The number of rotatable bonds is 3. The van der Waals surface area contributed by atoms with Gasteiger partial charge in [-0.2, -0.15) is 0 Å². The van der Waals surface area contributed by atoms with Crippen molar-refractivity contribution in [2.45, 2.75) is 22.6 Å². The van der Waals surface area contributed by atoms with Crippen LogP contribution in [0.15, 0.2) is 125 Å². The first kappa shape index (κ1) is 21.0. The lowest BCUT2D eigenvalue weighted by atomic mass is 9.90. The highest BCUT2D eigenvalue weighted by Gasteiger charge is 2.20. The lowest BCUT2D eigenvalue weighted by molar-refractivity contribution is 1.02. The van der Waals surface area contributed by atoms with Gasteiger partial charge in [0.05, 0.1) is 0 Å². The molecule has 0 fully saturated rings. The van der Waals surface area contributed by atoms with Crippen LogP contribution >= 0.6 is 11.8 Å². The lowest BCUT2D eigenvalue weighted by Crippen LogP contribution is -1.91. The van der Waals surface area contributed by atoms with Gasteiger partial charge in [0.25, 0.3) is 0 Å². The van der Waals surface area contributed by atoms with Crippen LogP contribution in [0.5, 0.6) is 0 Å². The molecule has 0 spiro atoms. The Balaban J connectivity index is 1.45. The van der Waals surface area contributed by atoms with E-state index in [4.69, 9.17) is 0 Å². The van der Waals surface area contributed by atoms with Gasteiger partial charge in [0.1, 0.15) is 0 Å². The zero-order valence-corrected chi connectivity index (χ0v) is 21.1. The second-order valence-electron chi connectivity index (χ2n) is 9.86. The van der Waals surface area contributed by atoms with Crippen LogP contribution in [0.25, 0.3) is 54.2 Å². The Kier molecular flexibility index (Phi) is 4.65. The molecule has 2 heteroatoms. The summed E-state index contributed by atoms with van der Waals surface area (Å²) in [4.78, 5) is 7.23. The third-order valence-electron chi connectivity index (χ3n) is 7.88. The molecule has 1 aliphatic carbocycles. The lowest BCUT2D eigenvalue weighted by Gasteiger charge is -2.18. The number of hydrogen-bond acceptors (Lipinski definition) is 2. The van der Waals surface area contributed by atoms with Gasteiger partial charge in [0.15, 0.2) is 0 Å². The Hall–Kier alpha value is -4.14. The highest BCUT2D eigenvalue weighted by atomic mass is 32.2. The predicted octanol–water partition coefficient (Wildman–Crippen LogP) is 9.61. The van der Waals surface area contributed by atoms with E-state index in [9.17, 15) is 0 Å². The van der Waals surface area contributed by atoms with Crippen LogP contribution in [-0.2, 0) is 12.8 Å². The van der Waals surface area contributed by atoms with Gasteiger partial charge in [0.2, 0.25) is 0 Å². The molecule has 1 aliphatic rings. The Morgan fingerprint density at radius 1 is 0.541 bits per heavy atom. The molecule has 1 nitrogen and oxygen atoms in total. The van der Waals surface area contributed by atoms with Gasteiger partial charge in [-0.15, -0.1) is 0 Å². The average Bonchev–Trinajstić information content (AvgIpc) is 3.39. The Morgan fingerprint density at radius 2 is 1.24 bits per heavy atom. The van der Waals surface area contributed by atoms with E-state index in [0.29, 0.717) is 0 Å². The molecule has 0 unspecified atom stereocenters. The first-order chi connectivity index (χ1) is 18.4. The van der Waals surface area contributed by atoms with Gasteiger partial charge in [0, 0.05) is 27.6 Å². The largest absolute Gasteiger partial charge is 0.264 e. The van der Waals surface area contributed by atoms with E-state index >= 15 is 0 Å².